The smallest absolute Gasteiger partial charge is 0.221 e. The van der Waals surface area contributed by atoms with E-state index in [1.165, 1.54) is 5.56 Å². The zero-order valence-electron chi connectivity index (χ0n) is 22.9. The minimum Gasteiger partial charge on any atom is -0.457 e. The van der Waals surface area contributed by atoms with Gasteiger partial charge in [-0.05, 0) is 59.9 Å². The number of nitrogens with one attached hydrogen (secondary N) is 1. The van der Waals surface area contributed by atoms with E-state index in [9.17, 15) is 4.79 Å². The Morgan fingerprint density at radius 2 is 1.46 bits per heavy atom. The molecule has 0 saturated heterocycles. The maximum atomic E-state index is 13.4. The molecular formula is C35H36N2O2. The average Bonchev–Trinajstić information content (AvgIpc) is 3.31. The summed E-state index contributed by atoms with van der Waals surface area (Å²) in [4.78, 5) is 13.4. The molecule has 4 aromatic carbocycles. The Morgan fingerprint density at radius 3 is 2.21 bits per heavy atom. The molecule has 39 heavy (non-hydrogen) atoms. The van der Waals surface area contributed by atoms with E-state index >= 15 is 0 Å². The highest BCUT2D eigenvalue weighted by Crippen LogP contribution is 2.37. The maximum absolute atomic E-state index is 13.4. The SMILES string of the molecule is CC(C)[C@H](C)NC(=O)C[C@@H](c1cccc(Oc2ccccc2)c1)c1cn(Cc2ccccc2)c2ccccc12. The van der Waals surface area contributed by atoms with Gasteiger partial charge in [-0.2, -0.15) is 0 Å². The summed E-state index contributed by atoms with van der Waals surface area (Å²) in [5.41, 5.74) is 4.60. The number of nitrogens with zero attached hydrogens (tertiary/aromatic N) is 1. The third-order valence-corrected chi connectivity index (χ3v) is 7.41. The van der Waals surface area contributed by atoms with Crippen molar-refractivity contribution >= 4 is 16.8 Å². The zero-order valence-corrected chi connectivity index (χ0v) is 22.9. The Morgan fingerprint density at radius 1 is 0.795 bits per heavy atom. The van der Waals surface area contributed by atoms with Crippen molar-refractivity contribution in [1.29, 1.82) is 0 Å². The first-order valence-electron chi connectivity index (χ1n) is 13.7. The van der Waals surface area contributed by atoms with E-state index in [0.29, 0.717) is 12.3 Å². The number of carbonyl (C=O) groups excluding carboxylic acids is 1. The highest BCUT2D eigenvalue weighted by molar-refractivity contribution is 5.87. The van der Waals surface area contributed by atoms with Crippen molar-refractivity contribution in [3.63, 3.8) is 0 Å². The van der Waals surface area contributed by atoms with Gasteiger partial charge < -0.3 is 14.6 Å². The summed E-state index contributed by atoms with van der Waals surface area (Å²) in [6.07, 6.45) is 2.58. The van der Waals surface area contributed by atoms with E-state index < -0.39 is 0 Å². The second kappa shape index (κ2) is 12.0. The van der Waals surface area contributed by atoms with Crippen LogP contribution in [0.3, 0.4) is 0 Å². The Bertz CT molecular complexity index is 1520. The summed E-state index contributed by atoms with van der Waals surface area (Å²) in [5, 5.41) is 4.39. The van der Waals surface area contributed by atoms with Gasteiger partial charge in [0.1, 0.15) is 11.5 Å². The van der Waals surface area contributed by atoms with Crippen LogP contribution in [0.2, 0.25) is 0 Å². The van der Waals surface area contributed by atoms with Crippen LogP contribution in [-0.2, 0) is 11.3 Å². The number of ether oxygens (including phenoxy) is 1. The van der Waals surface area contributed by atoms with Gasteiger partial charge in [-0.15, -0.1) is 0 Å². The second-order valence-corrected chi connectivity index (χ2v) is 10.6. The third-order valence-electron chi connectivity index (χ3n) is 7.41. The Balaban J connectivity index is 1.55. The second-order valence-electron chi connectivity index (χ2n) is 10.6. The fraction of sp³-hybridized carbons (Fsp3) is 0.229. The molecule has 0 aliphatic carbocycles. The third kappa shape index (κ3) is 6.40. The van der Waals surface area contributed by atoms with Gasteiger partial charge in [-0.25, -0.2) is 0 Å². The molecule has 5 aromatic rings. The van der Waals surface area contributed by atoms with E-state index in [2.05, 4.69) is 97.5 Å². The average molecular weight is 517 g/mol. The Labute approximate surface area is 231 Å². The first kappa shape index (κ1) is 26.3. The number of hydrogen-bond acceptors (Lipinski definition) is 2. The van der Waals surface area contributed by atoms with Crippen LogP contribution >= 0.6 is 0 Å². The topological polar surface area (TPSA) is 43.3 Å². The van der Waals surface area contributed by atoms with Crippen LogP contribution in [-0.4, -0.2) is 16.5 Å². The van der Waals surface area contributed by atoms with E-state index in [-0.39, 0.29) is 17.9 Å². The number of amides is 1. The molecule has 1 aromatic heterocycles. The van der Waals surface area contributed by atoms with E-state index in [4.69, 9.17) is 4.74 Å². The molecule has 4 heteroatoms. The normalized spacial score (nSPS) is 12.8. The predicted molar refractivity (Wildman–Crippen MR) is 159 cm³/mol. The fourth-order valence-electron chi connectivity index (χ4n) is 4.96. The van der Waals surface area contributed by atoms with Crippen molar-refractivity contribution in [2.45, 2.75) is 45.7 Å². The van der Waals surface area contributed by atoms with Crippen LogP contribution in [0.25, 0.3) is 10.9 Å². The number of rotatable bonds is 10. The number of fused-ring (bicyclic) bond motifs is 1. The maximum Gasteiger partial charge on any atom is 0.221 e. The molecule has 4 nitrogen and oxygen atoms in total. The molecule has 0 unspecified atom stereocenters. The molecule has 1 heterocycles. The minimum absolute atomic E-state index is 0.0514. The standard InChI is InChI=1S/C35H36N2O2/c1-25(2)26(3)36-35(38)22-32(28-15-12-18-30(21-28)39-29-16-8-5-9-17-29)33-24-37(23-27-13-6-4-7-14-27)34-20-11-10-19-31(33)34/h4-21,24-26,32H,22-23H2,1-3H3,(H,36,38)/t26-,32-/m0/s1. The summed E-state index contributed by atoms with van der Waals surface area (Å²) < 4.78 is 8.47. The molecule has 198 valence electrons. The lowest BCUT2D eigenvalue weighted by Gasteiger charge is -2.22. The predicted octanol–water partition coefficient (Wildman–Crippen LogP) is 8.16. The van der Waals surface area contributed by atoms with Gasteiger partial charge in [0.05, 0.1) is 0 Å². The van der Waals surface area contributed by atoms with Crippen LogP contribution in [0.1, 0.15) is 49.8 Å². The van der Waals surface area contributed by atoms with Crippen molar-refractivity contribution in [3.8, 4) is 11.5 Å². The van der Waals surface area contributed by atoms with Gasteiger partial charge in [0.2, 0.25) is 5.91 Å². The number of hydrogen-bond donors (Lipinski definition) is 1. The first-order chi connectivity index (χ1) is 19.0. The molecule has 0 spiro atoms. The summed E-state index contributed by atoms with van der Waals surface area (Å²) >= 11 is 0. The van der Waals surface area contributed by atoms with Gasteiger partial charge in [0, 0.05) is 42.0 Å². The van der Waals surface area contributed by atoms with Gasteiger partial charge in [-0.3, -0.25) is 4.79 Å². The molecule has 5 rings (SSSR count). The van der Waals surface area contributed by atoms with Crippen LogP contribution < -0.4 is 10.1 Å². The van der Waals surface area contributed by atoms with E-state index in [1.54, 1.807) is 0 Å². The molecule has 0 bridgehead atoms. The lowest BCUT2D eigenvalue weighted by Crippen LogP contribution is -2.36. The molecule has 2 atom stereocenters. The lowest BCUT2D eigenvalue weighted by molar-refractivity contribution is -0.122. The van der Waals surface area contributed by atoms with Crippen molar-refractivity contribution in [1.82, 2.24) is 9.88 Å². The Kier molecular flexibility index (Phi) is 8.12. The molecular weight excluding hydrogens is 480 g/mol. The first-order valence-corrected chi connectivity index (χ1v) is 13.7. The molecule has 0 fully saturated rings. The van der Waals surface area contributed by atoms with Gasteiger partial charge in [0.25, 0.3) is 0 Å². The molecule has 0 saturated carbocycles. The van der Waals surface area contributed by atoms with Crippen molar-refractivity contribution in [2.75, 3.05) is 0 Å². The van der Waals surface area contributed by atoms with Crippen molar-refractivity contribution < 1.29 is 9.53 Å². The monoisotopic (exact) mass is 516 g/mol. The summed E-state index contributed by atoms with van der Waals surface area (Å²) in [5.74, 6) is 1.82. The molecule has 0 aliphatic heterocycles. The van der Waals surface area contributed by atoms with Crippen molar-refractivity contribution in [3.05, 3.63) is 132 Å². The highest BCUT2D eigenvalue weighted by Gasteiger charge is 2.24. The molecule has 0 radical (unpaired) electrons. The summed E-state index contributed by atoms with van der Waals surface area (Å²) in [7, 11) is 0. The summed E-state index contributed by atoms with van der Waals surface area (Å²) in [6, 6.07) is 37.0. The van der Waals surface area contributed by atoms with Crippen LogP contribution in [0, 0.1) is 5.92 Å². The van der Waals surface area contributed by atoms with Crippen LogP contribution in [0.5, 0.6) is 11.5 Å². The minimum atomic E-state index is -0.134. The van der Waals surface area contributed by atoms with Gasteiger partial charge >= 0.3 is 0 Å². The van der Waals surface area contributed by atoms with Crippen LogP contribution in [0.4, 0.5) is 0 Å². The molecule has 1 amide bonds. The zero-order chi connectivity index (χ0) is 27.2. The van der Waals surface area contributed by atoms with E-state index in [1.807, 2.05) is 48.5 Å². The number of para-hydroxylation sites is 2. The van der Waals surface area contributed by atoms with Crippen LogP contribution in [0.15, 0.2) is 115 Å². The number of benzene rings is 4. The number of carbonyl (C=O) groups is 1. The van der Waals surface area contributed by atoms with E-state index in [0.717, 1.165) is 40.1 Å². The Hall–Kier alpha value is -4.31. The quantitative estimate of drug-likeness (QED) is 0.203. The van der Waals surface area contributed by atoms with Gasteiger partial charge in [-0.1, -0.05) is 92.7 Å². The lowest BCUT2D eigenvalue weighted by atomic mass is 9.87. The fourth-order valence-corrected chi connectivity index (χ4v) is 4.96. The molecule has 1 N–H and O–H groups in total. The number of aromatic nitrogens is 1. The molecule has 0 aliphatic rings. The largest absolute Gasteiger partial charge is 0.457 e. The highest BCUT2D eigenvalue weighted by atomic mass is 16.5. The summed E-state index contributed by atoms with van der Waals surface area (Å²) in [6.45, 7) is 7.09. The van der Waals surface area contributed by atoms with Crippen molar-refractivity contribution in [2.24, 2.45) is 5.92 Å². The van der Waals surface area contributed by atoms with Gasteiger partial charge in [0.15, 0.2) is 0 Å².